The number of rotatable bonds is 3. The average Bonchev–Trinajstić information content (AvgIpc) is 3.06. The van der Waals surface area contributed by atoms with Crippen molar-refractivity contribution in [1.29, 1.82) is 0 Å². The molecular formula is C18H20N4O2. The first kappa shape index (κ1) is 15.1. The van der Waals surface area contributed by atoms with E-state index in [-0.39, 0.29) is 0 Å². The van der Waals surface area contributed by atoms with Crippen LogP contribution in [0.1, 0.15) is 18.3 Å². The second-order valence-corrected chi connectivity index (χ2v) is 5.99. The zero-order valence-corrected chi connectivity index (χ0v) is 14.0. The number of ether oxygens (including phenoxy) is 1. The molecule has 4 rings (SSSR count). The van der Waals surface area contributed by atoms with Crippen LogP contribution >= 0.6 is 0 Å². The van der Waals surface area contributed by atoms with E-state index in [4.69, 9.17) is 9.26 Å². The molecular weight excluding hydrogens is 304 g/mol. The monoisotopic (exact) mass is 324 g/mol. The van der Waals surface area contributed by atoms with E-state index >= 15 is 0 Å². The van der Waals surface area contributed by atoms with Gasteiger partial charge >= 0.3 is 0 Å². The molecule has 6 nitrogen and oxygen atoms in total. The van der Waals surface area contributed by atoms with Crippen molar-refractivity contribution in [2.24, 2.45) is 0 Å². The average molecular weight is 324 g/mol. The van der Waals surface area contributed by atoms with Crippen LogP contribution in [0.15, 0.2) is 28.8 Å². The summed E-state index contributed by atoms with van der Waals surface area (Å²) in [4.78, 5) is 11.6. The van der Waals surface area contributed by atoms with Crippen molar-refractivity contribution in [2.75, 3.05) is 31.2 Å². The number of anilines is 1. The lowest BCUT2D eigenvalue weighted by atomic mass is 10.1. The molecule has 1 saturated heterocycles. The Hall–Kier alpha value is -2.47. The van der Waals surface area contributed by atoms with Crippen LogP contribution in [0.2, 0.25) is 0 Å². The molecule has 0 aliphatic carbocycles. The van der Waals surface area contributed by atoms with Gasteiger partial charge in [0.1, 0.15) is 17.0 Å². The Labute approximate surface area is 140 Å². The zero-order chi connectivity index (χ0) is 16.5. The Bertz CT molecular complexity index is 851. The fourth-order valence-electron chi connectivity index (χ4n) is 2.91. The Kier molecular flexibility index (Phi) is 3.90. The largest absolute Gasteiger partial charge is 0.378 e. The molecule has 3 aromatic rings. The summed E-state index contributed by atoms with van der Waals surface area (Å²) in [6.45, 7) is 7.13. The normalized spacial score (nSPS) is 15.2. The van der Waals surface area contributed by atoms with Gasteiger partial charge < -0.3 is 14.2 Å². The minimum absolute atomic E-state index is 0.657. The number of benzene rings is 1. The van der Waals surface area contributed by atoms with Crippen LogP contribution in [0.25, 0.3) is 22.4 Å². The Morgan fingerprint density at radius 2 is 1.83 bits per heavy atom. The Morgan fingerprint density at radius 1 is 1.08 bits per heavy atom. The summed E-state index contributed by atoms with van der Waals surface area (Å²) in [5.74, 6) is 1.63. The molecule has 24 heavy (non-hydrogen) atoms. The predicted octanol–water partition coefficient (Wildman–Crippen LogP) is 2.99. The van der Waals surface area contributed by atoms with Gasteiger partial charge in [0.2, 0.25) is 5.58 Å². The summed E-state index contributed by atoms with van der Waals surface area (Å²) < 4.78 is 11.1. The van der Waals surface area contributed by atoms with Crippen molar-refractivity contribution in [3.05, 3.63) is 35.7 Å². The van der Waals surface area contributed by atoms with Crippen LogP contribution in [0.3, 0.4) is 0 Å². The van der Waals surface area contributed by atoms with E-state index in [1.807, 2.05) is 0 Å². The summed E-state index contributed by atoms with van der Waals surface area (Å²) in [5.41, 5.74) is 4.44. The standard InChI is InChI=1S/C18H20N4O2/c1-3-14-19-16-15(13-6-4-12(2)5-7-13)21-24-17(16)18(20-14)22-8-10-23-11-9-22/h4-7H,3,8-11H2,1-2H3. The molecule has 3 heterocycles. The molecule has 124 valence electrons. The highest BCUT2D eigenvalue weighted by molar-refractivity contribution is 5.94. The van der Waals surface area contributed by atoms with Crippen LogP contribution in [0.4, 0.5) is 5.82 Å². The first-order chi connectivity index (χ1) is 11.8. The van der Waals surface area contributed by atoms with Gasteiger partial charge in [0, 0.05) is 25.1 Å². The van der Waals surface area contributed by atoms with Crippen LogP contribution in [-0.4, -0.2) is 41.4 Å². The Balaban J connectivity index is 1.87. The van der Waals surface area contributed by atoms with Crippen molar-refractivity contribution >= 4 is 16.9 Å². The van der Waals surface area contributed by atoms with Crippen molar-refractivity contribution in [1.82, 2.24) is 15.1 Å². The lowest BCUT2D eigenvalue weighted by molar-refractivity contribution is 0.122. The Morgan fingerprint density at radius 3 is 2.54 bits per heavy atom. The lowest BCUT2D eigenvalue weighted by Gasteiger charge is -2.27. The molecule has 1 aliphatic rings. The SMILES string of the molecule is CCc1nc(N2CCOCC2)c2onc(-c3ccc(C)cc3)c2n1. The smallest absolute Gasteiger partial charge is 0.228 e. The van der Waals surface area contributed by atoms with E-state index in [0.717, 1.165) is 47.9 Å². The lowest BCUT2D eigenvalue weighted by Crippen LogP contribution is -2.37. The van der Waals surface area contributed by atoms with Crippen molar-refractivity contribution < 1.29 is 9.26 Å². The molecule has 1 aromatic carbocycles. The van der Waals surface area contributed by atoms with Crippen LogP contribution in [0, 0.1) is 6.92 Å². The van der Waals surface area contributed by atoms with Gasteiger partial charge in [0.05, 0.1) is 13.2 Å². The van der Waals surface area contributed by atoms with Gasteiger partial charge in [-0.1, -0.05) is 41.9 Å². The number of nitrogens with zero attached hydrogens (tertiary/aromatic N) is 4. The number of morpholine rings is 1. The summed E-state index contributed by atoms with van der Waals surface area (Å²) >= 11 is 0. The maximum Gasteiger partial charge on any atom is 0.228 e. The summed E-state index contributed by atoms with van der Waals surface area (Å²) in [5, 5.41) is 4.29. The third-order valence-corrected chi connectivity index (χ3v) is 4.30. The van der Waals surface area contributed by atoms with E-state index in [0.29, 0.717) is 18.8 Å². The van der Waals surface area contributed by atoms with Gasteiger partial charge in [0.15, 0.2) is 5.82 Å². The fraction of sp³-hybridized carbons (Fsp3) is 0.389. The maximum atomic E-state index is 5.66. The second kappa shape index (κ2) is 6.20. The van der Waals surface area contributed by atoms with Crippen LogP contribution < -0.4 is 4.90 Å². The van der Waals surface area contributed by atoms with E-state index in [1.54, 1.807) is 0 Å². The van der Waals surface area contributed by atoms with E-state index in [1.165, 1.54) is 5.56 Å². The van der Waals surface area contributed by atoms with Crippen molar-refractivity contribution in [2.45, 2.75) is 20.3 Å². The highest BCUT2D eigenvalue weighted by Crippen LogP contribution is 2.32. The number of hydrogen-bond donors (Lipinski definition) is 0. The number of aryl methyl sites for hydroxylation is 2. The van der Waals surface area contributed by atoms with E-state index < -0.39 is 0 Å². The predicted molar refractivity (Wildman–Crippen MR) is 92.2 cm³/mol. The molecule has 2 aromatic heterocycles. The van der Waals surface area contributed by atoms with Crippen molar-refractivity contribution in [3.8, 4) is 11.3 Å². The van der Waals surface area contributed by atoms with Gasteiger partial charge in [-0.15, -0.1) is 0 Å². The quantitative estimate of drug-likeness (QED) is 0.738. The molecule has 1 aliphatic heterocycles. The highest BCUT2D eigenvalue weighted by Gasteiger charge is 2.23. The molecule has 0 radical (unpaired) electrons. The first-order valence-electron chi connectivity index (χ1n) is 8.32. The van der Waals surface area contributed by atoms with Gasteiger partial charge in [-0.2, -0.15) is 0 Å². The third-order valence-electron chi connectivity index (χ3n) is 4.30. The topological polar surface area (TPSA) is 64.3 Å². The summed E-state index contributed by atoms with van der Waals surface area (Å²) in [7, 11) is 0. The molecule has 0 unspecified atom stereocenters. The first-order valence-corrected chi connectivity index (χ1v) is 8.32. The second-order valence-electron chi connectivity index (χ2n) is 5.99. The number of fused-ring (bicyclic) bond motifs is 1. The molecule has 0 amide bonds. The molecule has 6 heteroatoms. The minimum Gasteiger partial charge on any atom is -0.378 e. The highest BCUT2D eigenvalue weighted by atomic mass is 16.5. The summed E-state index contributed by atoms with van der Waals surface area (Å²) in [6, 6.07) is 8.24. The van der Waals surface area contributed by atoms with Gasteiger partial charge in [-0.3, -0.25) is 0 Å². The van der Waals surface area contributed by atoms with E-state index in [2.05, 4.69) is 58.1 Å². The third kappa shape index (κ3) is 2.63. The van der Waals surface area contributed by atoms with Gasteiger partial charge in [-0.25, -0.2) is 9.97 Å². The molecule has 1 fully saturated rings. The van der Waals surface area contributed by atoms with Gasteiger partial charge in [0.25, 0.3) is 0 Å². The zero-order valence-electron chi connectivity index (χ0n) is 14.0. The van der Waals surface area contributed by atoms with Crippen molar-refractivity contribution in [3.63, 3.8) is 0 Å². The molecule has 0 spiro atoms. The minimum atomic E-state index is 0.657. The molecule has 0 saturated carbocycles. The summed E-state index contributed by atoms with van der Waals surface area (Å²) in [6.07, 6.45) is 0.770. The van der Waals surface area contributed by atoms with E-state index in [9.17, 15) is 0 Å². The fourth-order valence-corrected chi connectivity index (χ4v) is 2.91. The van der Waals surface area contributed by atoms with Crippen LogP contribution in [0.5, 0.6) is 0 Å². The maximum absolute atomic E-state index is 5.66. The van der Waals surface area contributed by atoms with Gasteiger partial charge in [-0.05, 0) is 6.92 Å². The molecule has 0 N–H and O–H groups in total. The molecule has 0 atom stereocenters. The molecule has 0 bridgehead atoms. The number of hydrogen-bond acceptors (Lipinski definition) is 6. The van der Waals surface area contributed by atoms with Crippen LogP contribution in [-0.2, 0) is 11.2 Å². The number of aromatic nitrogens is 3.